The number of hydrogen-bond donors (Lipinski definition) is 0. The molecule has 4 aliphatic carbocycles. The summed E-state index contributed by atoms with van der Waals surface area (Å²) in [7, 11) is 0. The minimum absolute atomic E-state index is 0.880. The van der Waals surface area contributed by atoms with Crippen LogP contribution in [0.25, 0.3) is 0 Å². The van der Waals surface area contributed by atoms with Gasteiger partial charge in [0.05, 0.1) is 0 Å². The standard InChI is InChI=1S/C22H34/c1-15-17(13-19-7-3-5-9-21(15)19)11-12-18-14-20-8-4-6-10-22(20)16(18)2/h13-16,19-22H,3-12H2,1-2H3. The first-order valence-corrected chi connectivity index (χ1v) is 10.1. The van der Waals surface area contributed by atoms with E-state index < -0.39 is 0 Å². The van der Waals surface area contributed by atoms with Crippen LogP contribution in [0.5, 0.6) is 0 Å². The second-order valence-corrected chi connectivity index (χ2v) is 8.78. The fraction of sp³-hybridized carbons (Fsp3) is 0.818. The summed E-state index contributed by atoms with van der Waals surface area (Å²) < 4.78 is 0. The van der Waals surface area contributed by atoms with Crippen LogP contribution >= 0.6 is 0 Å². The zero-order valence-electron chi connectivity index (χ0n) is 14.7. The monoisotopic (exact) mass is 298 g/mol. The van der Waals surface area contributed by atoms with Crippen molar-refractivity contribution >= 4 is 0 Å². The largest absolute Gasteiger partial charge is 0.0816 e. The number of hydrogen-bond acceptors (Lipinski definition) is 0. The lowest BCUT2D eigenvalue weighted by Gasteiger charge is -2.29. The quantitative estimate of drug-likeness (QED) is 0.519. The molecular formula is C22H34. The molecule has 0 nitrogen and oxygen atoms in total. The van der Waals surface area contributed by atoms with Crippen LogP contribution in [-0.2, 0) is 0 Å². The topological polar surface area (TPSA) is 0 Å². The van der Waals surface area contributed by atoms with Gasteiger partial charge in [0.25, 0.3) is 0 Å². The maximum absolute atomic E-state index is 2.71. The van der Waals surface area contributed by atoms with Crippen LogP contribution in [0.2, 0.25) is 0 Å². The Morgan fingerprint density at radius 1 is 0.682 bits per heavy atom. The first kappa shape index (κ1) is 15.0. The molecule has 2 saturated carbocycles. The highest BCUT2D eigenvalue weighted by molar-refractivity contribution is 5.23. The van der Waals surface area contributed by atoms with Crippen LogP contribution in [0.4, 0.5) is 0 Å². The molecule has 0 bridgehead atoms. The molecule has 0 amide bonds. The van der Waals surface area contributed by atoms with Gasteiger partial charge in [-0.2, -0.15) is 0 Å². The van der Waals surface area contributed by atoms with E-state index in [0.29, 0.717) is 0 Å². The predicted octanol–water partition coefficient (Wildman–Crippen LogP) is 6.53. The molecule has 0 aromatic heterocycles. The maximum atomic E-state index is 2.71. The lowest BCUT2D eigenvalue weighted by Crippen LogP contribution is -2.19. The van der Waals surface area contributed by atoms with Gasteiger partial charge in [0.2, 0.25) is 0 Å². The Hall–Kier alpha value is -0.520. The highest BCUT2D eigenvalue weighted by Crippen LogP contribution is 2.49. The van der Waals surface area contributed by atoms with E-state index in [1.54, 1.807) is 0 Å². The van der Waals surface area contributed by atoms with Gasteiger partial charge in [-0.3, -0.25) is 0 Å². The second-order valence-electron chi connectivity index (χ2n) is 8.78. The lowest BCUT2D eigenvalue weighted by atomic mass is 9.76. The third kappa shape index (κ3) is 2.61. The van der Waals surface area contributed by atoms with Crippen molar-refractivity contribution in [3.05, 3.63) is 23.3 Å². The fourth-order valence-electron chi connectivity index (χ4n) is 6.35. The Labute approximate surface area is 137 Å². The Morgan fingerprint density at radius 2 is 1.09 bits per heavy atom. The highest BCUT2D eigenvalue weighted by Gasteiger charge is 2.37. The summed E-state index contributed by atoms with van der Waals surface area (Å²) in [5.74, 6) is 5.64. The summed E-state index contributed by atoms with van der Waals surface area (Å²) in [5, 5.41) is 0. The molecule has 4 aliphatic rings. The van der Waals surface area contributed by atoms with Gasteiger partial charge in [0.1, 0.15) is 0 Å². The van der Waals surface area contributed by atoms with Crippen LogP contribution < -0.4 is 0 Å². The van der Waals surface area contributed by atoms with Crippen LogP contribution in [-0.4, -0.2) is 0 Å². The molecule has 122 valence electrons. The zero-order valence-corrected chi connectivity index (χ0v) is 14.7. The first-order valence-electron chi connectivity index (χ1n) is 10.1. The normalized spacial score (nSPS) is 44.3. The molecule has 4 rings (SSSR count). The zero-order chi connectivity index (χ0) is 15.1. The van der Waals surface area contributed by atoms with Crippen molar-refractivity contribution < 1.29 is 0 Å². The molecular weight excluding hydrogens is 264 g/mol. The van der Waals surface area contributed by atoms with Gasteiger partial charge in [0, 0.05) is 0 Å². The number of allylic oxidation sites excluding steroid dienone is 4. The summed E-state index contributed by atoms with van der Waals surface area (Å²) in [5.41, 5.74) is 3.64. The third-order valence-corrected chi connectivity index (χ3v) is 7.76. The van der Waals surface area contributed by atoms with Gasteiger partial charge in [-0.25, -0.2) is 0 Å². The van der Waals surface area contributed by atoms with E-state index in [4.69, 9.17) is 0 Å². The van der Waals surface area contributed by atoms with Crippen LogP contribution in [0.3, 0.4) is 0 Å². The highest BCUT2D eigenvalue weighted by atomic mass is 14.4. The summed E-state index contributed by atoms with van der Waals surface area (Å²) in [6.07, 6.45) is 20.0. The Bertz CT molecular complexity index is 424. The van der Waals surface area contributed by atoms with Gasteiger partial charge in [-0.15, -0.1) is 0 Å². The van der Waals surface area contributed by atoms with E-state index in [2.05, 4.69) is 26.0 Å². The molecule has 0 radical (unpaired) electrons. The number of rotatable bonds is 3. The van der Waals surface area contributed by atoms with Crippen LogP contribution in [0, 0.1) is 35.5 Å². The predicted molar refractivity (Wildman–Crippen MR) is 94.6 cm³/mol. The third-order valence-electron chi connectivity index (χ3n) is 7.76. The smallest absolute Gasteiger partial charge is 0.0197 e. The van der Waals surface area contributed by atoms with Crippen LogP contribution in [0.1, 0.15) is 78.1 Å². The molecule has 0 heteroatoms. The average Bonchev–Trinajstić information content (AvgIpc) is 3.04. The molecule has 0 N–H and O–H groups in total. The van der Waals surface area contributed by atoms with Crippen molar-refractivity contribution in [1.82, 2.24) is 0 Å². The summed E-state index contributed by atoms with van der Waals surface area (Å²) in [6.45, 7) is 5.04. The average molecular weight is 299 g/mol. The Balaban J connectivity index is 1.38. The van der Waals surface area contributed by atoms with Crippen molar-refractivity contribution in [3.8, 4) is 0 Å². The van der Waals surface area contributed by atoms with Crippen molar-refractivity contribution in [1.29, 1.82) is 0 Å². The van der Waals surface area contributed by atoms with Gasteiger partial charge in [0.15, 0.2) is 0 Å². The van der Waals surface area contributed by atoms with E-state index in [0.717, 1.165) is 35.5 Å². The lowest BCUT2D eigenvalue weighted by molar-refractivity contribution is 0.249. The molecule has 0 aromatic rings. The molecule has 0 heterocycles. The van der Waals surface area contributed by atoms with Gasteiger partial charge in [-0.05, 0) is 74.0 Å². The fourth-order valence-corrected chi connectivity index (χ4v) is 6.35. The molecule has 0 aromatic carbocycles. The summed E-state index contributed by atoms with van der Waals surface area (Å²) >= 11 is 0. The van der Waals surface area contributed by atoms with Gasteiger partial charge in [-0.1, -0.05) is 62.8 Å². The second kappa shape index (κ2) is 6.17. The van der Waals surface area contributed by atoms with Crippen molar-refractivity contribution in [3.63, 3.8) is 0 Å². The van der Waals surface area contributed by atoms with E-state index >= 15 is 0 Å². The van der Waals surface area contributed by atoms with Gasteiger partial charge < -0.3 is 0 Å². The molecule has 0 aliphatic heterocycles. The Morgan fingerprint density at radius 3 is 1.50 bits per heavy atom. The molecule has 6 unspecified atom stereocenters. The van der Waals surface area contributed by atoms with E-state index in [9.17, 15) is 0 Å². The minimum Gasteiger partial charge on any atom is -0.0816 e. The first-order chi connectivity index (χ1) is 10.7. The Kier molecular flexibility index (Phi) is 4.22. The van der Waals surface area contributed by atoms with E-state index in [1.807, 2.05) is 11.1 Å². The molecule has 0 spiro atoms. The van der Waals surface area contributed by atoms with E-state index in [1.165, 1.54) is 64.2 Å². The molecule has 2 fully saturated rings. The number of fused-ring (bicyclic) bond motifs is 2. The summed E-state index contributed by atoms with van der Waals surface area (Å²) in [6, 6.07) is 0. The van der Waals surface area contributed by atoms with Crippen molar-refractivity contribution in [2.45, 2.75) is 78.1 Å². The van der Waals surface area contributed by atoms with Crippen molar-refractivity contribution in [2.75, 3.05) is 0 Å². The SMILES string of the molecule is CC1C(CCC2=CC3CCCCC3C2C)=CC2CCCCC21. The van der Waals surface area contributed by atoms with E-state index in [-0.39, 0.29) is 0 Å². The van der Waals surface area contributed by atoms with Crippen molar-refractivity contribution in [2.24, 2.45) is 35.5 Å². The minimum atomic E-state index is 0.880. The molecule has 0 saturated heterocycles. The summed E-state index contributed by atoms with van der Waals surface area (Å²) in [4.78, 5) is 0. The van der Waals surface area contributed by atoms with Gasteiger partial charge >= 0.3 is 0 Å². The maximum Gasteiger partial charge on any atom is -0.0197 e. The molecule has 6 atom stereocenters. The molecule has 22 heavy (non-hydrogen) atoms. The van der Waals surface area contributed by atoms with Crippen LogP contribution in [0.15, 0.2) is 23.3 Å².